The molecule has 3 nitrogen and oxygen atoms in total. The Morgan fingerprint density at radius 3 is 2.95 bits per heavy atom. The largest absolute Gasteiger partial charge is 0.298 e. The molecule has 1 N–H and O–H groups in total. The van der Waals surface area contributed by atoms with Crippen molar-refractivity contribution in [2.24, 2.45) is 0 Å². The van der Waals surface area contributed by atoms with Gasteiger partial charge in [0.25, 0.3) is 5.91 Å². The van der Waals surface area contributed by atoms with Crippen molar-refractivity contribution in [2.45, 2.75) is 25.7 Å². The van der Waals surface area contributed by atoms with Gasteiger partial charge in [0.1, 0.15) is 0 Å². The Labute approximate surface area is 143 Å². The van der Waals surface area contributed by atoms with Crippen LogP contribution in [0.15, 0.2) is 22.7 Å². The van der Waals surface area contributed by atoms with E-state index in [4.69, 9.17) is 0 Å². The number of rotatable bonds is 2. The number of carbonyl (C=O) groups is 1. The van der Waals surface area contributed by atoms with E-state index in [1.54, 1.807) is 11.3 Å². The first-order chi connectivity index (χ1) is 9.63. The number of halogens is 2. The second kappa shape index (κ2) is 6.11. The fourth-order valence-electron chi connectivity index (χ4n) is 2.24. The summed E-state index contributed by atoms with van der Waals surface area (Å²) in [5.74, 6) is -0.0956. The van der Waals surface area contributed by atoms with Crippen LogP contribution in [-0.4, -0.2) is 10.9 Å². The summed E-state index contributed by atoms with van der Waals surface area (Å²) in [6.45, 7) is 0. The van der Waals surface area contributed by atoms with E-state index in [9.17, 15) is 4.79 Å². The number of amides is 1. The molecule has 1 heterocycles. The van der Waals surface area contributed by atoms with E-state index in [2.05, 4.69) is 48.8 Å². The molecule has 1 aliphatic rings. The highest BCUT2D eigenvalue weighted by molar-refractivity contribution is 14.1. The predicted octanol–water partition coefficient (Wildman–Crippen LogP) is 4.64. The average Bonchev–Trinajstić information content (AvgIpc) is 2.83. The van der Waals surface area contributed by atoms with E-state index in [1.165, 1.54) is 23.4 Å². The van der Waals surface area contributed by atoms with Crippen LogP contribution in [0, 0.1) is 3.57 Å². The number of nitrogens with zero attached hydrogens (tertiary/aromatic N) is 1. The molecule has 0 atom stereocenters. The van der Waals surface area contributed by atoms with Crippen LogP contribution in [0.1, 0.15) is 33.8 Å². The number of hydrogen-bond acceptors (Lipinski definition) is 3. The van der Waals surface area contributed by atoms with Crippen molar-refractivity contribution in [2.75, 3.05) is 5.32 Å². The molecule has 104 valence electrons. The molecule has 20 heavy (non-hydrogen) atoms. The summed E-state index contributed by atoms with van der Waals surface area (Å²) in [4.78, 5) is 18.2. The van der Waals surface area contributed by atoms with Crippen LogP contribution in [0.5, 0.6) is 0 Å². The van der Waals surface area contributed by atoms with Crippen molar-refractivity contribution in [3.8, 4) is 0 Å². The Morgan fingerprint density at radius 1 is 1.35 bits per heavy atom. The number of fused-ring (bicyclic) bond motifs is 1. The van der Waals surface area contributed by atoms with Crippen LogP contribution in [0.4, 0.5) is 5.13 Å². The van der Waals surface area contributed by atoms with Gasteiger partial charge in [-0.2, -0.15) is 0 Å². The standard InChI is InChI=1S/C14H12BrIN2OS/c15-8-5-6-10(16)9(7-8)13(19)18-14-17-11-3-1-2-4-12(11)20-14/h5-7H,1-4H2,(H,17,18,19). The normalized spacial score (nSPS) is 13.9. The lowest BCUT2D eigenvalue weighted by atomic mass is 10.0. The minimum atomic E-state index is -0.0956. The average molecular weight is 463 g/mol. The molecule has 1 amide bonds. The Hall–Kier alpha value is -0.470. The molecule has 1 aliphatic carbocycles. The molecule has 6 heteroatoms. The number of thiazole rings is 1. The molecule has 2 aromatic rings. The maximum atomic E-state index is 12.3. The fourth-order valence-corrected chi connectivity index (χ4v) is 4.23. The lowest BCUT2D eigenvalue weighted by Gasteiger charge is -2.06. The number of aromatic nitrogens is 1. The molecule has 0 aliphatic heterocycles. The van der Waals surface area contributed by atoms with E-state index < -0.39 is 0 Å². The van der Waals surface area contributed by atoms with Gasteiger partial charge in [-0.05, 0) is 66.5 Å². The zero-order chi connectivity index (χ0) is 14.1. The Kier molecular flexibility index (Phi) is 4.42. The summed E-state index contributed by atoms with van der Waals surface area (Å²) < 4.78 is 1.84. The fraction of sp³-hybridized carbons (Fsp3) is 0.286. The molecule has 1 aromatic heterocycles. The highest BCUT2D eigenvalue weighted by Crippen LogP contribution is 2.30. The zero-order valence-corrected chi connectivity index (χ0v) is 15.1. The van der Waals surface area contributed by atoms with Gasteiger partial charge in [-0.1, -0.05) is 15.9 Å². The topological polar surface area (TPSA) is 42.0 Å². The van der Waals surface area contributed by atoms with Gasteiger partial charge in [-0.3, -0.25) is 10.1 Å². The second-order valence-electron chi connectivity index (χ2n) is 4.67. The van der Waals surface area contributed by atoms with Gasteiger partial charge in [0.2, 0.25) is 0 Å². The number of carbonyl (C=O) groups excluding carboxylic acids is 1. The Balaban J connectivity index is 1.82. The van der Waals surface area contributed by atoms with Crippen LogP contribution >= 0.6 is 49.9 Å². The monoisotopic (exact) mass is 462 g/mol. The number of aryl methyl sites for hydroxylation is 2. The second-order valence-corrected chi connectivity index (χ2v) is 7.84. The molecule has 3 rings (SSSR count). The van der Waals surface area contributed by atoms with E-state index in [-0.39, 0.29) is 5.91 Å². The molecular weight excluding hydrogens is 451 g/mol. The van der Waals surface area contributed by atoms with Crippen LogP contribution in [0.25, 0.3) is 0 Å². The highest BCUT2D eigenvalue weighted by atomic mass is 127. The summed E-state index contributed by atoms with van der Waals surface area (Å²) in [6, 6.07) is 5.69. The van der Waals surface area contributed by atoms with Crippen molar-refractivity contribution in [3.05, 3.63) is 42.4 Å². The smallest absolute Gasteiger partial charge is 0.258 e. The third kappa shape index (κ3) is 3.07. The van der Waals surface area contributed by atoms with Crippen molar-refractivity contribution < 1.29 is 4.79 Å². The van der Waals surface area contributed by atoms with E-state index >= 15 is 0 Å². The van der Waals surface area contributed by atoms with Gasteiger partial charge >= 0.3 is 0 Å². The molecular formula is C14H12BrIN2OS. The minimum Gasteiger partial charge on any atom is -0.298 e. The third-order valence-corrected chi connectivity index (χ3v) is 5.75. The van der Waals surface area contributed by atoms with Crippen LogP contribution < -0.4 is 5.32 Å². The number of nitrogens with one attached hydrogen (secondary N) is 1. The maximum absolute atomic E-state index is 12.3. The lowest BCUT2D eigenvalue weighted by molar-refractivity contribution is 0.102. The van der Waals surface area contributed by atoms with Crippen molar-refractivity contribution >= 4 is 60.9 Å². The summed E-state index contributed by atoms with van der Waals surface area (Å²) in [6.07, 6.45) is 4.56. The van der Waals surface area contributed by atoms with E-state index in [0.717, 1.165) is 26.0 Å². The van der Waals surface area contributed by atoms with Gasteiger partial charge < -0.3 is 0 Å². The summed E-state index contributed by atoms with van der Waals surface area (Å²) in [5.41, 5.74) is 1.84. The number of anilines is 1. The van der Waals surface area contributed by atoms with E-state index in [1.807, 2.05) is 18.2 Å². The summed E-state index contributed by atoms with van der Waals surface area (Å²) in [7, 11) is 0. The van der Waals surface area contributed by atoms with Crippen LogP contribution in [0.2, 0.25) is 0 Å². The Bertz CT molecular complexity index is 648. The number of benzene rings is 1. The molecule has 0 unspecified atom stereocenters. The minimum absolute atomic E-state index is 0.0956. The SMILES string of the molecule is O=C(Nc1nc2c(s1)CCCC2)c1cc(Br)ccc1I. The Morgan fingerprint density at radius 2 is 2.15 bits per heavy atom. The first-order valence-corrected chi connectivity index (χ1v) is 9.07. The van der Waals surface area contributed by atoms with E-state index in [0.29, 0.717) is 5.56 Å². The molecule has 0 saturated carbocycles. The quantitative estimate of drug-likeness (QED) is 0.660. The molecule has 0 fully saturated rings. The van der Waals surface area contributed by atoms with Crippen LogP contribution in [0.3, 0.4) is 0 Å². The van der Waals surface area contributed by atoms with Gasteiger partial charge in [-0.15, -0.1) is 11.3 Å². The van der Waals surface area contributed by atoms with Gasteiger partial charge in [0.05, 0.1) is 11.3 Å². The predicted molar refractivity (Wildman–Crippen MR) is 93.6 cm³/mol. The zero-order valence-electron chi connectivity index (χ0n) is 10.6. The number of hydrogen-bond donors (Lipinski definition) is 1. The molecule has 0 spiro atoms. The molecule has 0 bridgehead atoms. The van der Waals surface area contributed by atoms with Gasteiger partial charge in [0, 0.05) is 12.9 Å². The molecule has 0 radical (unpaired) electrons. The van der Waals surface area contributed by atoms with Gasteiger partial charge in [0.15, 0.2) is 5.13 Å². The van der Waals surface area contributed by atoms with Crippen molar-refractivity contribution in [1.29, 1.82) is 0 Å². The van der Waals surface area contributed by atoms with Crippen LogP contribution in [-0.2, 0) is 12.8 Å². The van der Waals surface area contributed by atoms with Crippen molar-refractivity contribution in [1.82, 2.24) is 4.98 Å². The first kappa shape index (κ1) is 14.5. The molecule has 0 saturated heterocycles. The first-order valence-electron chi connectivity index (χ1n) is 6.38. The summed E-state index contributed by atoms with van der Waals surface area (Å²) >= 11 is 7.18. The van der Waals surface area contributed by atoms with Gasteiger partial charge in [-0.25, -0.2) is 4.98 Å². The third-order valence-electron chi connectivity index (χ3n) is 3.24. The molecule has 1 aromatic carbocycles. The highest BCUT2D eigenvalue weighted by Gasteiger charge is 2.17. The lowest BCUT2D eigenvalue weighted by Crippen LogP contribution is -2.13. The maximum Gasteiger partial charge on any atom is 0.258 e. The summed E-state index contributed by atoms with van der Waals surface area (Å²) in [5, 5.41) is 3.65. The van der Waals surface area contributed by atoms with Crippen molar-refractivity contribution in [3.63, 3.8) is 0 Å².